The van der Waals surface area contributed by atoms with Crippen LogP contribution in [0.2, 0.25) is 0 Å². The Hall–Kier alpha value is -1.69. The van der Waals surface area contributed by atoms with Gasteiger partial charge in [-0.25, -0.2) is 9.37 Å². The van der Waals surface area contributed by atoms with Crippen molar-refractivity contribution in [2.24, 2.45) is 0 Å². The molecule has 0 aromatic carbocycles. The van der Waals surface area contributed by atoms with Crippen molar-refractivity contribution in [3.05, 3.63) is 23.6 Å². The summed E-state index contributed by atoms with van der Waals surface area (Å²) in [5.41, 5.74) is 5.60. The van der Waals surface area contributed by atoms with Crippen LogP contribution in [0, 0.1) is 5.82 Å². The number of nitrogens with one attached hydrogen (secondary N) is 1. The summed E-state index contributed by atoms with van der Waals surface area (Å²) in [5.74, 6) is -0.909. The molecule has 0 unspecified atom stereocenters. The number of carbonyl (C=O) groups excluding carboxylic acids is 1. The van der Waals surface area contributed by atoms with Crippen LogP contribution in [0.3, 0.4) is 0 Å². The average Bonchev–Trinajstić information content (AvgIpc) is 2.31. The Balaban J connectivity index is 2.39. The van der Waals surface area contributed by atoms with Crippen LogP contribution in [0.15, 0.2) is 12.3 Å². The van der Waals surface area contributed by atoms with E-state index in [2.05, 4.69) is 15.2 Å². The number of nitrogens with two attached hydrogens (primary N) is 1. The summed E-state index contributed by atoms with van der Waals surface area (Å²) in [6.07, 6.45) is 2.85. The first-order valence-electron chi connectivity index (χ1n) is 5.84. The van der Waals surface area contributed by atoms with Gasteiger partial charge >= 0.3 is 0 Å². The van der Waals surface area contributed by atoms with Gasteiger partial charge in [-0.2, -0.15) is 0 Å². The predicted molar refractivity (Wildman–Crippen MR) is 68.7 cm³/mol. The summed E-state index contributed by atoms with van der Waals surface area (Å²) in [4.78, 5) is 17.4. The van der Waals surface area contributed by atoms with Crippen LogP contribution < -0.4 is 11.1 Å². The van der Waals surface area contributed by atoms with Crippen LogP contribution in [-0.4, -0.2) is 43.0 Å². The van der Waals surface area contributed by atoms with Crippen LogP contribution in [-0.2, 0) is 0 Å². The van der Waals surface area contributed by atoms with Crippen molar-refractivity contribution in [2.45, 2.75) is 12.8 Å². The fraction of sp³-hybridized carbons (Fsp3) is 0.500. The minimum absolute atomic E-state index is 0.0437. The van der Waals surface area contributed by atoms with Crippen LogP contribution in [0.25, 0.3) is 0 Å². The number of halogens is 1. The van der Waals surface area contributed by atoms with Crippen molar-refractivity contribution in [3.8, 4) is 0 Å². The number of nitrogens with zero attached hydrogens (tertiary/aromatic N) is 2. The second-order valence-electron chi connectivity index (χ2n) is 4.35. The first kappa shape index (κ1) is 14.4. The Morgan fingerprint density at radius 2 is 2.22 bits per heavy atom. The molecule has 1 aromatic rings. The quantitative estimate of drug-likeness (QED) is 0.739. The second-order valence-corrected chi connectivity index (χ2v) is 4.35. The normalized spacial score (nSPS) is 10.7. The molecular weight excluding hydrogens is 235 g/mol. The number of anilines is 1. The Morgan fingerprint density at radius 3 is 2.89 bits per heavy atom. The van der Waals surface area contributed by atoms with E-state index in [1.54, 1.807) is 0 Å². The third-order valence-corrected chi connectivity index (χ3v) is 2.45. The molecule has 1 amide bonds. The molecule has 6 heteroatoms. The average molecular weight is 254 g/mol. The Bertz CT molecular complexity index is 409. The first-order valence-corrected chi connectivity index (χ1v) is 5.84. The molecule has 0 aliphatic heterocycles. The second kappa shape index (κ2) is 6.90. The van der Waals surface area contributed by atoms with Crippen LogP contribution in [0.5, 0.6) is 0 Å². The molecule has 0 saturated carbocycles. The minimum atomic E-state index is -0.568. The third-order valence-electron chi connectivity index (χ3n) is 2.45. The molecule has 100 valence electrons. The number of unbranched alkanes of at least 4 members (excludes halogenated alkanes) is 1. The number of rotatable bonds is 6. The van der Waals surface area contributed by atoms with Crippen molar-refractivity contribution >= 4 is 11.7 Å². The van der Waals surface area contributed by atoms with Crippen molar-refractivity contribution in [1.82, 2.24) is 15.2 Å². The van der Waals surface area contributed by atoms with Crippen molar-refractivity contribution in [2.75, 3.05) is 32.9 Å². The summed E-state index contributed by atoms with van der Waals surface area (Å²) < 4.78 is 12.9. The molecule has 0 aliphatic rings. The third kappa shape index (κ3) is 4.67. The lowest BCUT2D eigenvalue weighted by Gasteiger charge is -2.10. The highest BCUT2D eigenvalue weighted by atomic mass is 19.1. The molecule has 1 aromatic heterocycles. The van der Waals surface area contributed by atoms with Gasteiger partial charge in [-0.3, -0.25) is 4.79 Å². The zero-order valence-corrected chi connectivity index (χ0v) is 10.7. The van der Waals surface area contributed by atoms with E-state index in [-0.39, 0.29) is 17.3 Å². The van der Waals surface area contributed by atoms with Gasteiger partial charge in [0.15, 0.2) is 0 Å². The summed E-state index contributed by atoms with van der Waals surface area (Å²) in [6, 6.07) is 1.09. The number of pyridine rings is 1. The van der Waals surface area contributed by atoms with E-state index in [1.807, 2.05) is 14.1 Å². The molecular formula is C12H19FN4O. The molecule has 0 radical (unpaired) electrons. The molecule has 18 heavy (non-hydrogen) atoms. The molecule has 0 spiro atoms. The molecule has 1 rings (SSSR count). The Labute approximate surface area is 106 Å². The maximum Gasteiger partial charge on any atom is 0.255 e. The van der Waals surface area contributed by atoms with Crippen molar-refractivity contribution in [3.63, 3.8) is 0 Å². The predicted octanol–water partition coefficient (Wildman–Crippen LogP) is 0.875. The molecule has 1 heterocycles. The maximum atomic E-state index is 12.9. The van der Waals surface area contributed by atoms with Crippen LogP contribution in [0.4, 0.5) is 10.2 Å². The highest BCUT2D eigenvalue weighted by Crippen LogP contribution is 2.09. The molecule has 0 saturated heterocycles. The van der Waals surface area contributed by atoms with Gasteiger partial charge in [-0.15, -0.1) is 0 Å². The lowest BCUT2D eigenvalue weighted by molar-refractivity contribution is 0.0953. The lowest BCUT2D eigenvalue weighted by atomic mass is 10.2. The first-order chi connectivity index (χ1) is 8.50. The summed E-state index contributed by atoms with van der Waals surface area (Å²) in [5, 5.41) is 2.70. The highest BCUT2D eigenvalue weighted by molar-refractivity contribution is 5.98. The zero-order valence-electron chi connectivity index (χ0n) is 10.7. The van der Waals surface area contributed by atoms with Gasteiger partial charge in [-0.1, -0.05) is 0 Å². The standard InChI is InChI=1S/C12H19FN4O/c1-17(2)6-4-3-5-15-12(18)10-7-9(13)8-16-11(10)14/h7-8H,3-6H2,1-2H3,(H2,14,16)(H,15,18). The van der Waals surface area contributed by atoms with Gasteiger partial charge in [0.05, 0.1) is 11.8 Å². The largest absolute Gasteiger partial charge is 0.383 e. The van der Waals surface area contributed by atoms with Gasteiger partial charge in [0.2, 0.25) is 0 Å². The van der Waals surface area contributed by atoms with Gasteiger partial charge in [0.25, 0.3) is 5.91 Å². The Morgan fingerprint density at radius 1 is 1.50 bits per heavy atom. The van der Waals surface area contributed by atoms with E-state index in [9.17, 15) is 9.18 Å². The lowest BCUT2D eigenvalue weighted by Crippen LogP contribution is -2.26. The molecule has 0 bridgehead atoms. The monoisotopic (exact) mass is 254 g/mol. The smallest absolute Gasteiger partial charge is 0.255 e. The summed E-state index contributed by atoms with van der Waals surface area (Å²) in [7, 11) is 4.00. The van der Waals surface area contributed by atoms with Crippen LogP contribution >= 0.6 is 0 Å². The minimum Gasteiger partial charge on any atom is -0.383 e. The Kier molecular flexibility index (Phi) is 5.51. The van der Waals surface area contributed by atoms with Crippen LogP contribution in [0.1, 0.15) is 23.2 Å². The van der Waals surface area contributed by atoms with Gasteiger partial charge in [0.1, 0.15) is 11.6 Å². The van der Waals surface area contributed by atoms with Crippen molar-refractivity contribution in [1.29, 1.82) is 0 Å². The molecule has 0 aliphatic carbocycles. The maximum absolute atomic E-state index is 12.9. The molecule has 0 fully saturated rings. The molecule has 3 N–H and O–H groups in total. The molecule has 5 nitrogen and oxygen atoms in total. The van der Waals surface area contributed by atoms with E-state index in [0.717, 1.165) is 31.6 Å². The summed E-state index contributed by atoms with van der Waals surface area (Å²) in [6.45, 7) is 1.52. The summed E-state index contributed by atoms with van der Waals surface area (Å²) >= 11 is 0. The fourth-order valence-electron chi connectivity index (χ4n) is 1.48. The number of nitrogen functional groups attached to an aromatic ring is 1. The highest BCUT2D eigenvalue weighted by Gasteiger charge is 2.11. The van der Waals surface area contributed by atoms with E-state index in [1.165, 1.54) is 0 Å². The van der Waals surface area contributed by atoms with Gasteiger partial charge < -0.3 is 16.0 Å². The van der Waals surface area contributed by atoms with E-state index < -0.39 is 5.82 Å². The van der Waals surface area contributed by atoms with Gasteiger partial charge in [0, 0.05) is 6.54 Å². The number of hydrogen-bond acceptors (Lipinski definition) is 4. The fourth-order valence-corrected chi connectivity index (χ4v) is 1.48. The topological polar surface area (TPSA) is 71.2 Å². The number of hydrogen-bond donors (Lipinski definition) is 2. The number of aromatic nitrogens is 1. The number of carbonyl (C=O) groups is 1. The number of amides is 1. The van der Waals surface area contributed by atoms with E-state index in [4.69, 9.17) is 5.73 Å². The van der Waals surface area contributed by atoms with Gasteiger partial charge in [-0.05, 0) is 39.5 Å². The zero-order chi connectivity index (χ0) is 13.5. The van der Waals surface area contributed by atoms with Crippen molar-refractivity contribution < 1.29 is 9.18 Å². The van der Waals surface area contributed by atoms with E-state index >= 15 is 0 Å². The molecule has 0 atom stereocenters. The SMILES string of the molecule is CN(C)CCCCNC(=O)c1cc(F)cnc1N. The van der Waals surface area contributed by atoms with E-state index in [0.29, 0.717) is 6.54 Å².